The van der Waals surface area contributed by atoms with Crippen molar-refractivity contribution in [2.75, 3.05) is 26.2 Å². The Kier molecular flexibility index (Phi) is 5.48. The second-order valence-corrected chi connectivity index (χ2v) is 10.2. The van der Waals surface area contributed by atoms with E-state index in [-0.39, 0.29) is 37.0 Å². The molecule has 4 rings (SSSR count). The van der Waals surface area contributed by atoms with Crippen molar-refractivity contribution in [3.8, 4) is 0 Å². The van der Waals surface area contributed by atoms with Gasteiger partial charge >= 0.3 is 0 Å². The first-order chi connectivity index (χ1) is 14.3. The van der Waals surface area contributed by atoms with Crippen molar-refractivity contribution in [2.24, 2.45) is 0 Å². The quantitative estimate of drug-likeness (QED) is 0.575. The highest BCUT2D eigenvalue weighted by Gasteiger charge is 2.29. The normalized spacial score (nSPS) is 16.0. The van der Waals surface area contributed by atoms with Gasteiger partial charge in [0.25, 0.3) is 0 Å². The van der Waals surface area contributed by atoms with E-state index < -0.39 is 15.8 Å². The van der Waals surface area contributed by atoms with Crippen LogP contribution in [-0.2, 0) is 14.8 Å². The molecule has 7 nitrogen and oxygen atoms in total. The maximum Gasteiger partial charge on any atom is 0.246 e. The zero-order valence-corrected chi connectivity index (χ0v) is 18.2. The molecule has 0 saturated carbocycles. The van der Waals surface area contributed by atoms with E-state index >= 15 is 0 Å². The fourth-order valence-corrected chi connectivity index (χ4v) is 5.80. The zero-order valence-electron chi connectivity index (χ0n) is 16.6. The van der Waals surface area contributed by atoms with E-state index in [1.807, 2.05) is 24.4 Å². The first-order valence-electron chi connectivity index (χ1n) is 9.43. The average Bonchev–Trinajstić information content (AvgIpc) is 3.20. The summed E-state index contributed by atoms with van der Waals surface area (Å²) in [4.78, 5) is 20.7. The molecule has 1 aliphatic heterocycles. The maximum atomic E-state index is 13.4. The van der Waals surface area contributed by atoms with Gasteiger partial charge in [0.15, 0.2) is 4.96 Å². The van der Waals surface area contributed by atoms with Crippen LogP contribution in [-0.4, -0.2) is 59.1 Å². The number of sulfonamides is 1. The van der Waals surface area contributed by atoms with Crippen LogP contribution in [0.4, 0.5) is 4.39 Å². The molecule has 0 bridgehead atoms. The number of aromatic nitrogens is 2. The van der Waals surface area contributed by atoms with Gasteiger partial charge in [-0.25, -0.2) is 17.8 Å². The Balaban J connectivity index is 1.43. The molecule has 0 spiro atoms. The van der Waals surface area contributed by atoms with E-state index in [1.54, 1.807) is 22.3 Å². The summed E-state index contributed by atoms with van der Waals surface area (Å²) in [6.07, 6.45) is 5.24. The van der Waals surface area contributed by atoms with Gasteiger partial charge in [-0.15, -0.1) is 11.3 Å². The standard InChI is InChI=1S/C20H21FN4O3S2/c1-14-13-25-18(15(2)22-20(25)29-14)6-7-19(26)23-8-10-24(11-9-23)30(27,28)17-5-3-4-16(21)12-17/h3-7,12-13H,8-11H2,1-2H3/b7-6+. The Labute approximate surface area is 178 Å². The van der Waals surface area contributed by atoms with Crippen LogP contribution in [0.5, 0.6) is 0 Å². The zero-order chi connectivity index (χ0) is 21.5. The molecule has 1 aliphatic rings. The molecule has 0 aliphatic carbocycles. The van der Waals surface area contributed by atoms with Gasteiger partial charge in [0.2, 0.25) is 15.9 Å². The molecule has 158 valence electrons. The molecule has 1 fully saturated rings. The predicted molar refractivity (Wildman–Crippen MR) is 113 cm³/mol. The molecule has 1 amide bonds. The van der Waals surface area contributed by atoms with Crippen LogP contribution in [0.3, 0.4) is 0 Å². The number of amides is 1. The van der Waals surface area contributed by atoms with Crippen molar-refractivity contribution in [1.29, 1.82) is 0 Å². The lowest BCUT2D eigenvalue weighted by atomic mass is 10.3. The summed E-state index contributed by atoms with van der Waals surface area (Å²) in [6.45, 7) is 4.78. The summed E-state index contributed by atoms with van der Waals surface area (Å²) in [5.74, 6) is -0.779. The molecular formula is C20H21FN4O3S2. The van der Waals surface area contributed by atoms with Crippen LogP contribution in [0.15, 0.2) is 41.4 Å². The van der Waals surface area contributed by atoms with Crippen LogP contribution in [0, 0.1) is 19.7 Å². The van der Waals surface area contributed by atoms with Crippen molar-refractivity contribution in [2.45, 2.75) is 18.7 Å². The molecule has 0 radical (unpaired) electrons. The topological polar surface area (TPSA) is 75.0 Å². The minimum absolute atomic E-state index is 0.0755. The number of carbonyl (C=O) groups excluding carboxylic acids is 1. The van der Waals surface area contributed by atoms with E-state index in [9.17, 15) is 17.6 Å². The molecule has 0 N–H and O–H groups in total. The van der Waals surface area contributed by atoms with Gasteiger partial charge in [-0.3, -0.25) is 9.20 Å². The Morgan fingerprint density at radius 1 is 1.20 bits per heavy atom. The molecule has 1 saturated heterocycles. The number of fused-ring (bicyclic) bond motifs is 1. The van der Waals surface area contributed by atoms with Crippen LogP contribution in [0.1, 0.15) is 16.3 Å². The minimum Gasteiger partial charge on any atom is -0.337 e. The second kappa shape index (κ2) is 7.93. The maximum absolute atomic E-state index is 13.4. The van der Waals surface area contributed by atoms with Gasteiger partial charge in [0.05, 0.1) is 16.3 Å². The van der Waals surface area contributed by atoms with Gasteiger partial charge in [-0.2, -0.15) is 4.31 Å². The number of halogens is 1. The second-order valence-electron chi connectivity index (χ2n) is 7.10. The number of hydrogen-bond donors (Lipinski definition) is 0. The van der Waals surface area contributed by atoms with Gasteiger partial charge in [0.1, 0.15) is 5.82 Å². The minimum atomic E-state index is -3.78. The lowest BCUT2D eigenvalue weighted by Crippen LogP contribution is -2.50. The molecule has 0 atom stereocenters. The number of rotatable bonds is 4. The molecule has 10 heteroatoms. The van der Waals surface area contributed by atoms with Crippen LogP contribution >= 0.6 is 11.3 Å². The summed E-state index contributed by atoms with van der Waals surface area (Å²) < 4.78 is 42.0. The van der Waals surface area contributed by atoms with Crippen molar-refractivity contribution >= 4 is 38.3 Å². The fraction of sp³-hybridized carbons (Fsp3) is 0.300. The lowest BCUT2D eigenvalue weighted by Gasteiger charge is -2.33. The van der Waals surface area contributed by atoms with E-state index in [4.69, 9.17) is 0 Å². The van der Waals surface area contributed by atoms with E-state index in [2.05, 4.69) is 4.98 Å². The molecule has 30 heavy (non-hydrogen) atoms. The molecule has 2 aromatic heterocycles. The highest BCUT2D eigenvalue weighted by atomic mass is 32.2. The van der Waals surface area contributed by atoms with Crippen molar-refractivity contribution in [3.05, 3.63) is 58.6 Å². The highest BCUT2D eigenvalue weighted by Crippen LogP contribution is 2.22. The fourth-order valence-electron chi connectivity index (χ4n) is 3.46. The third-order valence-electron chi connectivity index (χ3n) is 5.03. The van der Waals surface area contributed by atoms with Crippen molar-refractivity contribution in [1.82, 2.24) is 18.6 Å². The number of thiazole rings is 1. The van der Waals surface area contributed by atoms with Gasteiger partial charge < -0.3 is 4.90 Å². The Hall–Kier alpha value is -2.56. The average molecular weight is 449 g/mol. The summed E-state index contributed by atoms with van der Waals surface area (Å²) in [5, 5.41) is 0. The van der Waals surface area contributed by atoms with Crippen LogP contribution in [0.2, 0.25) is 0 Å². The third-order valence-corrected chi connectivity index (χ3v) is 7.82. The van der Waals surface area contributed by atoms with Gasteiger partial charge in [-0.05, 0) is 38.1 Å². The molecule has 1 aromatic carbocycles. The number of nitrogens with zero attached hydrogens (tertiary/aromatic N) is 4. The number of imidazole rings is 1. The first kappa shape index (κ1) is 20.7. The van der Waals surface area contributed by atoms with E-state index in [1.165, 1.54) is 28.6 Å². The molecular weight excluding hydrogens is 427 g/mol. The first-order valence-corrected chi connectivity index (χ1v) is 11.7. The summed E-state index contributed by atoms with van der Waals surface area (Å²) >= 11 is 1.59. The monoisotopic (exact) mass is 448 g/mol. The number of carbonyl (C=O) groups is 1. The molecule has 3 heterocycles. The number of aryl methyl sites for hydroxylation is 2. The summed E-state index contributed by atoms with van der Waals surface area (Å²) in [5.41, 5.74) is 1.70. The SMILES string of the molecule is Cc1cn2c(/C=C/C(=O)N3CCN(S(=O)(=O)c4cccc(F)c4)CC3)c(C)nc2s1. The molecule has 3 aromatic rings. The predicted octanol–water partition coefficient (Wildman–Crippen LogP) is 2.70. The summed E-state index contributed by atoms with van der Waals surface area (Å²) in [7, 11) is -3.78. The Morgan fingerprint density at radius 3 is 2.63 bits per heavy atom. The van der Waals surface area contributed by atoms with Crippen LogP contribution in [0.25, 0.3) is 11.0 Å². The Morgan fingerprint density at radius 2 is 1.93 bits per heavy atom. The van der Waals surface area contributed by atoms with Gasteiger partial charge in [-0.1, -0.05) is 6.07 Å². The van der Waals surface area contributed by atoms with E-state index in [0.717, 1.165) is 27.3 Å². The third kappa shape index (κ3) is 3.90. The Bertz CT molecular complexity index is 1240. The van der Waals surface area contributed by atoms with Crippen LogP contribution < -0.4 is 0 Å². The van der Waals surface area contributed by atoms with Crippen molar-refractivity contribution < 1.29 is 17.6 Å². The van der Waals surface area contributed by atoms with Gasteiger partial charge in [0, 0.05) is 43.3 Å². The molecule has 0 unspecified atom stereocenters. The smallest absolute Gasteiger partial charge is 0.246 e. The number of benzene rings is 1. The summed E-state index contributed by atoms with van der Waals surface area (Å²) in [6, 6.07) is 4.96. The number of piperazine rings is 1. The highest BCUT2D eigenvalue weighted by molar-refractivity contribution is 7.89. The largest absolute Gasteiger partial charge is 0.337 e. The lowest BCUT2D eigenvalue weighted by molar-refractivity contribution is -0.127. The number of hydrogen-bond acceptors (Lipinski definition) is 5. The van der Waals surface area contributed by atoms with E-state index in [0.29, 0.717) is 0 Å². The van der Waals surface area contributed by atoms with Crippen molar-refractivity contribution in [3.63, 3.8) is 0 Å².